The van der Waals surface area contributed by atoms with Crippen LogP contribution >= 0.6 is 12.4 Å². The average Bonchev–Trinajstić information content (AvgIpc) is 3.80. The number of aliphatic hydroxyl groups excluding tert-OH is 2. The number of aliphatic hydroxyl groups is 2. The van der Waals surface area contributed by atoms with E-state index in [2.05, 4.69) is 79.9 Å². The Kier molecular flexibility index (Phi) is 22.3. The number of hydrogen-bond donors (Lipinski definition) is 9. The standard InChI is InChI=1S/2C19H21N3O.C6H15N5.C4H6O6.ClH/c2*1-13-5-8-15(9-6-13)19-16(11-18(23)21(3)4)22-12-14(2)7-10-17(22)20-19;1-2-3-4-10-6(9)11-5(7)8;5-1(3(7)8)2(6)4(9)10;/h2*5-10,12H,11H2,1-4H3;2-4H2,1H3,(H6,7,8,9,10,11);1-2,5-6H,(H,7,8)(H,9,10);1H. The minimum absolute atomic E-state index is 0. The van der Waals surface area contributed by atoms with E-state index < -0.39 is 24.1 Å². The number of aromatic nitrogens is 4. The van der Waals surface area contributed by atoms with Crippen molar-refractivity contribution < 1.29 is 39.6 Å². The van der Waals surface area contributed by atoms with Crippen molar-refractivity contribution in [1.29, 1.82) is 10.8 Å². The molecule has 0 saturated carbocycles. The van der Waals surface area contributed by atoms with Crippen LogP contribution < -0.4 is 16.4 Å². The number of aryl methyl sites for hydroxylation is 4. The van der Waals surface area contributed by atoms with Gasteiger partial charge >= 0.3 is 11.9 Å². The number of fused-ring (bicyclic) bond motifs is 2. The van der Waals surface area contributed by atoms with E-state index in [1.54, 1.807) is 38.0 Å². The van der Waals surface area contributed by atoms with Gasteiger partial charge in [0, 0.05) is 58.3 Å². The minimum atomic E-state index is -2.27. The molecule has 10 N–H and O–H groups in total. The maximum Gasteiger partial charge on any atom is 0.335 e. The number of carboxylic acid groups (broad SMARTS) is 2. The topological polar surface area (TPSA) is 288 Å². The predicted molar refractivity (Wildman–Crippen MR) is 265 cm³/mol. The average molecular weight is 959 g/mol. The highest BCUT2D eigenvalue weighted by atomic mass is 35.5. The smallest absolute Gasteiger partial charge is 0.335 e. The van der Waals surface area contributed by atoms with Gasteiger partial charge in [0.05, 0.1) is 35.6 Å². The summed E-state index contributed by atoms with van der Waals surface area (Å²) in [5, 5.41) is 51.6. The number of carbonyl (C=O) groups is 4. The number of aliphatic carboxylic acids is 2. The molecule has 0 bridgehead atoms. The Morgan fingerprint density at radius 2 is 1.00 bits per heavy atom. The lowest BCUT2D eigenvalue weighted by atomic mass is 10.1. The van der Waals surface area contributed by atoms with E-state index in [0.29, 0.717) is 12.8 Å². The number of likely N-dealkylation sites (N-methyl/N-ethyl adjacent to an activating group) is 2. The third kappa shape index (κ3) is 16.8. The number of amides is 2. The molecule has 68 heavy (non-hydrogen) atoms. The van der Waals surface area contributed by atoms with Gasteiger partial charge in [0.15, 0.2) is 24.1 Å². The fourth-order valence-corrected chi connectivity index (χ4v) is 6.06. The van der Waals surface area contributed by atoms with Gasteiger partial charge in [-0.25, -0.2) is 19.6 Å². The summed E-state index contributed by atoms with van der Waals surface area (Å²) < 4.78 is 4.07. The number of halogens is 1. The number of pyridine rings is 2. The molecule has 0 radical (unpaired) electrons. The van der Waals surface area contributed by atoms with Crippen molar-refractivity contribution in [2.45, 2.75) is 72.5 Å². The monoisotopic (exact) mass is 957 g/mol. The van der Waals surface area contributed by atoms with Crippen LogP contribution in [0.25, 0.3) is 33.8 Å². The molecule has 2 amide bonds. The van der Waals surface area contributed by atoms with Crippen LogP contribution in [-0.2, 0) is 32.0 Å². The third-order valence-corrected chi connectivity index (χ3v) is 9.91. The summed E-state index contributed by atoms with van der Waals surface area (Å²) in [4.78, 5) is 56.8. The van der Waals surface area contributed by atoms with Crippen molar-refractivity contribution >= 4 is 59.4 Å². The van der Waals surface area contributed by atoms with Crippen LogP contribution in [0.5, 0.6) is 0 Å². The van der Waals surface area contributed by atoms with Gasteiger partial charge in [0.2, 0.25) is 11.8 Å². The van der Waals surface area contributed by atoms with Crippen molar-refractivity contribution in [3.8, 4) is 22.5 Å². The molecular weight excluding hydrogens is 894 g/mol. The molecule has 2 unspecified atom stereocenters. The van der Waals surface area contributed by atoms with Gasteiger partial charge in [0.1, 0.15) is 11.3 Å². The van der Waals surface area contributed by atoms with Crippen LogP contribution in [-0.4, -0.2) is 132 Å². The number of guanidine groups is 2. The lowest BCUT2D eigenvalue weighted by molar-refractivity contribution is -0.165. The molecule has 4 aromatic heterocycles. The molecule has 0 aliphatic rings. The molecule has 4 heterocycles. The second-order valence-electron chi connectivity index (χ2n) is 16.1. The molecule has 2 atom stereocenters. The summed E-state index contributed by atoms with van der Waals surface area (Å²) in [6, 6.07) is 24.6. The molecule has 0 aliphatic heterocycles. The highest BCUT2D eigenvalue weighted by Crippen LogP contribution is 2.27. The van der Waals surface area contributed by atoms with Crippen LogP contribution in [0.2, 0.25) is 0 Å². The summed E-state index contributed by atoms with van der Waals surface area (Å²) in [6.45, 7) is 11.0. The number of rotatable bonds is 12. The van der Waals surface area contributed by atoms with Crippen molar-refractivity contribution in [2.75, 3.05) is 34.7 Å². The van der Waals surface area contributed by atoms with Gasteiger partial charge in [-0.05, 0) is 57.4 Å². The Morgan fingerprint density at radius 1 is 0.647 bits per heavy atom. The van der Waals surface area contributed by atoms with E-state index in [9.17, 15) is 19.2 Å². The second-order valence-corrected chi connectivity index (χ2v) is 16.1. The highest BCUT2D eigenvalue weighted by molar-refractivity contribution is 5.94. The SMILES string of the molecule is CCCCNC(=N)NC(=N)N.Cc1ccc(-c2nc3ccc(C)cn3c2CC(=O)N(C)C)cc1.Cc1ccc(-c2nc3ccc(C)cn3c2CC(=O)N(C)C)cc1.Cl.O=C(O)C(O)C(O)C(=O)O. The molecule has 6 rings (SSSR count). The van der Waals surface area contributed by atoms with Gasteiger partial charge in [-0.15, -0.1) is 12.4 Å². The molecule has 0 aliphatic carbocycles. The van der Waals surface area contributed by atoms with Crippen molar-refractivity contribution in [1.82, 2.24) is 39.2 Å². The summed E-state index contributed by atoms with van der Waals surface area (Å²) in [5.41, 5.74) is 17.1. The van der Waals surface area contributed by atoms with Crippen molar-refractivity contribution in [3.05, 3.63) is 119 Å². The summed E-state index contributed by atoms with van der Waals surface area (Å²) in [7, 11) is 7.12. The number of carboxylic acids is 2. The number of nitrogens with one attached hydrogen (secondary N) is 4. The Bertz CT molecular complexity index is 2500. The van der Waals surface area contributed by atoms with E-state index in [1.165, 1.54) is 11.1 Å². The van der Waals surface area contributed by atoms with E-state index in [1.807, 2.05) is 59.3 Å². The normalized spacial score (nSPS) is 11.2. The van der Waals surface area contributed by atoms with E-state index >= 15 is 0 Å². The largest absolute Gasteiger partial charge is 0.479 e. The Morgan fingerprint density at radius 3 is 1.31 bits per heavy atom. The summed E-state index contributed by atoms with van der Waals surface area (Å²) in [6.07, 6.45) is 2.32. The Balaban J connectivity index is 0.000000332. The van der Waals surface area contributed by atoms with Crippen LogP contribution in [0.1, 0.15) is 53.4 Å². The number of imidazole rings is 2. The van der Waals surface area contributed by atoms with Gasteiger partial charge in [-0.3, -0.25) is 25.7 Å². The summed E-state index contributed by atoms with van der Waals surface area (Å²) >= 11 is 0. The molecule has 0 spiro atoms. The van der Waals surface area contributed by atoms with E-state index in [0.717, 1.165) is 75.7 Å². The molecule has 20 heteroatoms. The number of hydrogen-bond acceptors (Lipinski definition) is 10. The van der Waals surface area contributed by atoms with Crippen LogP contribution in [0.3, 0.4) is 0 Å². The van der Waals surface area contributed by atoms with Crippen LogP contribution in [0, 0.1) is 38.5 Å². The zero-order valence-electron chi connectivity index (χ0n) is 39.9. The Labute approximate surface area is 402 Å². The van der Waals surface area contributed by atoms with Gasteiger partial charge in [0.25, 0.3) is 0 Å². The number of carbonyl (C=O) groups excluding carboxylic acids is 2. The summed E-state index contributed by atoms with van der Waals surface area (Å²) in [5.74, 6) is -3.52. The van der Waals surface area contributed by atoms with Crippen LogP contribution in [0.15, 0.2) is 85.2 Å². The maximum atomic E-state index is 12.3. The first-order valence-corrected chi connectivity index (χ1v) is 21.3. The zero-order valence-corrected chi connectivity index (χ0v) is 40.7. The molecule has 19 nitrogen and oxygen atoms in total. The molecule has 6 aromatic rings. The molecule has 366 valence electrons. The first kappa shape index (κ1) is 56.8. The lowest BCUT2D eigenvalue weighted by Gasteiger charge is -2.11. The molecular formula is C48H64ClN11O8. The fraction of sp³-hybridized carbons (Fsp3) is 0.333. The number of unbranched alkanes of at least 4 members (excludes halogenated alkanes) is 1. The number of nitrogens with zero attached hydrogens (tertiary/aromatic N) is 6. The highest BCUT2D eigenvalue weighted by Gasteiger charge is 2.29. The van der Waals surface area contributed by atoms with Gasteiger partial charge < -0.3 is 50.1 Å². The second kappa shape index (κ2) is 26.7. The van der Waals surface area contributed by atoms with E-state index in [4.69, 9.17) is 46.9 Å². The first-order valence-electron chi connectivity index (χ1n) is 21.3. The molecule has 0 saturated heterocycles. The van der Waals surface area contributed by atoms with Gasteiger partial charge in [-0.1, -0.05) is 85.1 Å². The quantitative estimate of drug-likeness (QED) is 0.0462. The molecule has 0 fully saturated rings. The fourth-order valence-electron chi connectivity index (χ4n) is 6.06. The van der Waals surface area contributed by atoms with E-state index in [-0.39, 0.29) is 36.1 Å². The maximum absolute atomic E-state index is 12.3. The zero-order chi connectivity index (χ0) is 50.1. The van der Waals surface area contributed by atoms with Crippen molar-refractivity contribution in [3.63, 3.8) is 0 Å². The number of benzene rings is 2. The number of nitrogens with two attached hydrogens (primary N) is 1. The Hall–Kier alpha value is -7.35. The minimum Gasteiger partial charge on any atom is -0.479 e. The van der Waals surface area contributed by atoms with Crippen LogP contribution in [0.4, 0.5) is 0 Å². The predicted octanol–water partition coefficient (Wildman–Crippen LogP) is 4.59. The molecule has 2 aromatic carbocycles. The van der Waals surface area contributed by atoms with Crippen molar-refractivity contribution in [2.24, 2.45) is 5.73 Å². The van der Waals surface area contributed by atoms with Gasteiger partial charge in [-0.2, -0.15) is 0 Å². The first-order chi connectivity index (χ1) is 31.5. The lowest BCUT2D eigenvalue weighted by Crippen LogP contribution is -2.43. The third-order valence-electron chi connectivity index (χ3n) is 9.91.